The largest absolute Gasteiger partial charge is 0.341 e. The Hall–Kier alpha value is -1.57. The highest BCUT2D eigenvalue weighted by Crippen LogP contribution is 2.24. The van der Waals surface area contributed by atoms with Gasteiger partial charge in [-0.3, -0.25) is 9.59 Å². The van der Waals surface area contributed by atoms with Gasteiger partial charge in [0, 0.05) is 23.7 Å². The zero-order chi connectivity index (χ0) is 14.7. The molecule has 0 aliphatic carbocycles. The summed E-state index contributed by atoms with van der Waals surface area (Å²) >= 11 is 11.7. The van der Waals surface area contributed by atoms with Crippen LogP contribution in [0, 0.1) is 17.2 Å². The van der Waals surface area contributed by atoms with E-state index in [0.717, 1.165) is 12.8 Å². The molecule has 0 unspecified atom stereocenters. The number of hydrogen-bond acceptors (Lipinski definition) is 3. The van der Waals surface area contributed by atoms with Gasteiger partial charge in [-0.05, 0) is 31.0 Å². The van der Waals surface area contributed by atoms with Gasteiger partial charge in [0.1, 0.15) is 0 Å². The number of nitrogens with zero attached hydrogens (tertiary/aromatic N) is 2. The van der Waals surface area contributed by atoms with Crippen molar-refractivity contribution in [3.63, 3.8) is 0 Å². The SMILES string of the molecule is N#C[C@@H](C(=O)c1ccc(Cl)cc1Cl)C(=O)N1CCCC1. The Bertz CT molecular complexity index is 589. The average Bonchev–Trinajstić information content (AvgIpc) is 2.93. The van der Waals surface area contributed by atoms with Crippen LogP contribution in [-0.2, 0) is 4.79 Å². The third-order valence-corrected chi connectivity index (χ3v) is 3.80. The zero-order valence-electron chi connectivity index (χ0n) is 10.6. The van der Waals surface area contributed by atoms with Crippen LogP contribution in [0.3, 0.4) is 0 Å². The van der Waals surface area contributed by atoms with Crippen molar-refractivity contribution in [2.75, 3.05) is 13.1 Å². The molecule has 2 rings (SSSR count). The number of carbonyl (C=O) groups is 2. The van der Waals surface area contributed by atoms with Crippen LogP contribution >= 0.6 is 23.2 Å². The van der Waals surface area contributed by atoms with E-state index in [1.165, 1.54) is 18.2 Å². The predicted octanol–water partition coefficient (Wildman–Crippen LogP) is 2.94. The molecule has 1 aliphatic rings. The normalized spacial score (nSPS) is 15.8. The summed E-state index contributed by atoms with van der Waals surface area (Å²) in [5.74, 6) is -2.36. The summed E-state index contributed by atoms with van der Waals surface area (Å²) in [4.78, 5) is 26.0. The molecular formula is C14H12Cl2N2O2. The van der Waals surface area contributed by atoms with Gasteiger partial charge in [0.25, 0.3) is 0 Å². The molecule has 1 fully saturated rings. The highest BCUT2D eigenvalue weighted by Gasteiger charge is 2.33. The number of Topliss-reactive ketones (excluding diaryl/α,β-unsaturated/α-hetero) is 1. The summed E-state index contributed by atoms with van der Waals surface area (Å²) in [6.07, 6.45) is 1.81. The number of ketones is 1. The zero-order valence-corrected chi connectivity index (χ0v) is 12.1. The third kappa shape index (κ3) is 2.95. The van der Waals surface area contributed by atoms with Crippen molar-refractivity contribution in [1.82, 2.24) is 4.90 Å². The van der Waals surface area contributed by atoms with Crippen molar-refractivity contribution in [3.05, 3.63) is 33.8 Å². The van der Waals surface area contributed by atoms with Crippen LogP contribution in [0.25, 0.3) is 0 Å². The first kappa shape index (κ1) is 14.8. The summed E-state index contributed by atoms with van der Waals surface area (Å²) in [5.41, 5.74) is 0.148. The standard InChI is InChI=1S/C14H12Cl2N2O2/c15-9-3-4-10(12(16)7-9)13(19)11(8-17)14(20)18-5-1-2-6-18/h3-4,7,11H,1-2,5-6H2/t11-/m0/s1. The van der Waals surface area contributed by atoms with Crippen LogP contribution in [0.4, 0.5) is 0 Å². The molecule has 104 valence electrons. The molecule has 1 aromatic rings. The van der Waals surface area contributed by atoms with Crippen molar-refractivity contribution in [2.45, 2.75) is 12.8 Å². The molecule has 1 heterocycles. The number of carbonyl (C=O) groups excluding carboxylic acids is 2. The molecule has 1 amide bonds. The van der Waals surface area contributed by atoms with Crippen LogP contribution < -0.4 is 0 Å². The fourth-order valence-corrected chi connectivity index (χ4v) is 2.69. The maximum Gasteiger partial charge on any atom is 0.247 e. The lowest BCUT2D eigenvalue weighted by molar-refractivity contribution is -0.131. The second-order valence-electron chi connectivity index (χ2n) is 4.58. The molecule has 1 aromatic carbocycles. The summed E-state index contributed by atoms with van der Waals surface area (Å²) in [5, 5.41) is 9.69. The molecule has 0 radical (unpaired) electrons. The Labute approximate surface area is 126 Å². The van der Waals surface area contributed by atoms with Crippen LogP contribution in [0.2, 0.25) is 10.0 Å². The molecule has 4 nitrogen and oxygen atoms in total. The van der Waals surface area contributed by atoms with Crippen LogP contribution in [0.5, 0.6) is 0 Å². The van der Waals surface area contributed by atoms with E-state index in [1.807, 2.05) is 0 Å². The molecule has 0 N–H and O–H groups in total. The van der Waals surface area contributed by atoms with E-state index in [2.05, 4.69) is 0 Å². The molecule has 20 heavy (non-hydrogen) atoms. The summed E-state index contributed by atoms with van der Waals surface area (Å²) < 4.78 is 0. The number of amides is 1. The van der Waals surface area contributed by atoms with E-state index < -0.39 is 17.6 Å². The highest BCUT2D eigenvalue weighted by atomic mass is 35.5. The maximum absolute atomic E-state index is 12.3. The smallest absolute Gasteiger partial charge is 0.247 e. The van der Waals surface area contributed by atoms with Crippen molar-refractivity contribution in [3.8, 4) is 6.07 Å². The molecule has 0 saturated carbocycles. The van der Waals surface area contributed by atoms with Gasteiger partial charge in [-0.2, -0.15) is 5.26 Å². The van der Waals surface area contributed by atoms with E-state index in [1.54, 1.807) is 11.0 Å². The van der Waals surface area contributed by atoms with Gasteiger partial charge in [-0.25, -0.2) is 0 Å². The van der Waals surface area contributed by atoms with Crippen LogP contribution in [0.15, 0.2) is 18.2 Å². The number of nitriles is 1. The van der Waals surface area contributed by atoms with Gasteiger partial charge in [0.05, 0.1) is 11.1 Å². The Morgan fingerprint density at radius 2 is 1.90 bits per heavy atom. The van der Waals surface area contributed by atoms with Crippen LogP contribution in [0.1, 0.15) is 23.2 Å². The number of hydrogen-bond donors (Lipinski definition) is 0. The number of benzene rings is 1. The fraction of sp³-hybridized carbons (Fsp3) is 0.357. The fourth-order valence-electron chi connectivity index (χ4n) is 2.19. The van der Waals surface area contributed by atoms with Crippen molar-refractivity contribution < 1.29 is 9.59 Å². The monoisotopic (exact) mass is 310 g/mol. The van der Waals surface area contributed by atoms with E-state index in [9.17, 15) is 9.59 Å². The van der Waals surface area contributed by atoms with E-state index in [4.69, 9.17) is 28.5 Å². The average molecular weight is 311 g/mol. The van der Waals surface area contributed by atoms with Gasteiger partial charge < -0.3 is 4.90 Å². The second-order valence-corrected chi connectivity index (χ2v) is 5.43. The van der Waals surface area contributed by atoms with Crippen molar-refractivity contribution in [1.29, 1.82) is 5.26 Å². The quantitative estimate of drug-likeness (QED) is 0.637. The molecule has 0 spiro atoms. The van der Waals surface area contributed by atoms with Crippen molar-refractivity contribution >= 4 is 34.9 Å². The maximum atomic E-state index is 12.3. The number of likely N-dealkylation sites (tertiary alicyclic amines) is 1. The van der Waals surface area contributed by atoms with Gasteiger partial charge >= 0.3 is 0 Å². The van der Waals surface area contributed by atoms with E-state index in [0.29, 0.717) is 18.1 Å². The molecule has 6 heteroatoms. The molecule has 1 aliphatic heterocycles. The lowest BCUT2D eigenvalue weighted by Gasteiger charge is -2.18. The Morgan fingerprint density at radius 3 is 2.45 bits per heavy atom. The van der Waals surface area contributed by atoms with E-state index in [-0.39, 0.29) is 10.6 Å². The van der Waals surface area contributed by atoms with Gasteiger partial charge in [0.2, 0.25) is 5.91 Å². The Kier molecular flexibility index (Phi) is 4.64. The lowest BCUT2D eigenvalue weighted by Crippen LogP contribution is -2.37. The van der Waals surface area contributed by atoms with Gasteiger partial charge in [0.15, 0.2) is 11.7 Å². The minimum absolute atomic E-state index is 0.148. The third-order valence-electron chi connectivity index (χ3n) is 3.25. The molecule has 0 aromatic heterocycles. The lowest BCUT2D eigenvalue weighted by atomic mass is 9.97. The second kappa shape index (κ2) is 6.25. The first-order valence-corrected chi connectivity index (χ1v) is 6.98. The number of rotatable bonds is 3. The van der Waals surface area contributed by atoms with Crippen LogP contribution in [-0.4, -0.2) is 29.7 Å². The van der Waals surface area contributed by atoms with E-state index >= 15 is 0 Å². The molecule has 1 atom stereocenters. The van der Waals surface area contributed by atoms with Gasteiger partial charge in [-0.15, -0.1) is 0 Å². The van der Waals surface area contributed by atoms with Crippen molar-refractivity contribution in [2.24, 2.45) is 5.92 Å². The summed E-state index contributed by atoms with van der Waals surface area (Å²) in [6, 6.07) is 6.16. The first-order valence-electron chi connectivity index (χ1n) is 6.22. The Morgan fingerprint density at radius 1 is 1.25 bits per heavy atom. The Balaban J connectivity index is 2.25. The minimum atomic E-state index is -1.34. The summed E-state index contributed by atoms with van der Waals surface area (Å²) in [7, 11) is 0. The number of halogens is 2. The topological polar surface area (TPSA) is 61.2 Å². The van der Waals surface area contributed by atoms with Gasteiger partial charge in [-0.1, -0.05) is 23.2 Å². The molecule has 0 bridgehead atoms. The summed E-state index contributed by atoms with van der Waals surface area (Å²) in [6.45, 7) is 1.19. The molecule has 1 saturated heterocycles. The predicted molar refractivity (Wildman–Crippen MR) is 75.7 cm³/mol. The minimum Gasteiger partial charge on any atom is -0.341 e. The molecular weight excluding hydrogens is 299 g/mol. The first-order chi connectivity index (χ1) is 9.54. The highest BCUT2D eigenvalue weighted by molar-refractivity contribution is 6.37.